The normalized spacial score (nSPS) is 15.1. The summed E-state index contributed by atoms with van der Waals surface area (Å²) in [6, 6.07) is 17.2. The molecule has 3 aromatic rings. The minimum atomic E-state index is -1.18. The molecule has 1 aliphatic heterocycles. The zero-order valence-corrected chi connectivity index (χ0v) is 24.1. The lowest BCUT2D eigenvalue weighted by atomic mass is 10.0. The Morgan fingerprint density at radius 2 is 1.66 bits per heavy atom. The van der Waals surface area contributed by atoms with Crippen LogP contribution in [0.5, 0.6) is 5.75 Å². The molecule has 44 heavy (non-hydrogen) atoms. The highest BCUT2D eigenvalue weighted by atomic mass is 16.6. The molecule has 2 atom stereocenters. The van der Waals surface area contributed by atoms with Crippen molar-refractivity contribution >= 4 is 29.2 Å². The molecule has 5 N–H and O–H groups in total. The largest absolute Gasteiger partial charge is 0.497 e. The van der Waals surface area contributed by atoms with E-state index in [0.717, 1.165) is 17.3 Å². The zero-order chi connectivity index (χ0) is 31.8. The number of fused-ring (bicyclic) bond motifs is 1. The van der Waals surface area contributed by atoms with Gasteiger partial charge in [-0.05, 0) is 72.1 Å². The fourth-order valence-electron chi connectivity index (χ4n) is 4.99. The third kappa shape index (κ3) is 8.32. The van der Waals surface area contributed by atoms with Gasteiger partial charge in [-0.25, -0.2) is 4.79 Å². The number of carbonyl (C=O) groups is 3. The van der Waals surface area contributed by atoms with Crippen LogP contribution in [0.4, 0.5) is 11.4 Å². The van der Waals surface area contributed by atoms with Crippen LogP contribution in [0.1, 0.15) is 34.7 Å². The lowest BCUT2D eigenvalue weighted by molar-refractivity contribution is -0.403. The second-order valence-electron chi connectivity index (χ2n) is 10.4. The van der Waals surface area contributed by atoms with Gasteiger partial charge in [-0.2, -0.15) is 0 Å². The lowest BCUT2D eigenvalue weighted by Crippen LogP contribution is -2.46. The molecule has 4 rings (SSSR count). The molecular formula is C31H33N5O8. The summed E-state index contributed by atoms with van der Waals surface area (Å²) in [5.74, 6) is -1.77. The number of carboxylic acids is 2. The minimum Gasteiger partial charge on any atom is -0.497 e. The highest BCUT2D eigenvalue weighted by Gasteiger charge is 2.35. The zero-order valence-electron chi connectivity index (χ0n) is 24.1. The molecule has 3 aromatic carbocycles. The number of nitrogens with one attached hydrogen (secondary N) is 3. The van der Waals surface area contributed by atoms with Gasteiger partial charge in [0.15, 0.2) is 5.82 Å². The Balaban J connectivity index is 1.44. The number of carbonyl (C=O) groups excluding carboxylic acids is 1. The SMILES string of the molecule is COc1ccc(N/C(=C/[N+](=O)[O-])Nc2ccc3c(c2)CN(C)C3C(=O)NC(Cc2ccc(CCC(=O)O)cc2)C(=O)O)cc1. The maximum absolute atomic E-state index is 13.4. The van der Waals surface area contributed by atoms with Crippen LogP contribution < -0.4 is 20.7 Å². The van der Waals surface area contributed by atoms with E-state index in [1.807, 2.05) is 0 Å². The number of carboxylic acid groups (broad SMARTS) is 2. The van der Waals surface area contributed by atoms with Crippen molar-refractivity contribution in [2.24, 2.45) is 0 Å². The summed E-state index contributed by atoms with van der Waals surface area (Å²) < 4.78 is 5.14. The van der Waals surface area contributed by atoms with Gasteiger partial charge >= 0.3 is 11.9 Å². The molecule has 1 aliphatic rings. The number of nitro groups is 1. The molecule has 1 amide bonds. The van der Waals surface area contributed by atoms with Crippen LogP contribution in [0.15, 0.2) is 78.8 Å². The van der Waals surface area contributed by atoms with E-state index in [4.69, 9.17) is 9.84 Å². The summed E-state index contributed by atoms with van der Waals surface area (Å²) in [6.07, 6.45) is 1.24. The fraction of sp³-hybridized carbons (Fsp3) is 0.258. The quantitative estimate of drug-likeness (QED) is 0.134. The highest BCUT2D eigenvalue weighted by molar-refractivity contribution is 5.89. The van der Waals surface area contributed by atoms with Crippen LogP contribution in [0.3, 0.4) is 0 Å². The Morgan fingerprint density at radius 3 is 2.27 bits per heavy atom. The molecule has 0 saturated carbocycles. The van der Waals surface area contributed by atoms with E-state index in [-0.39, 0.29) is 18.7 Å². The second-order valence-corrected chi connectivity index (χ2v) is 10.4. The summed E-state index contributed by atoms with van der Waals surface area (Å²) in [5.41, 5.74) is 4.18. The number of aryl methyl sites for hydroxylation is 1. The fourth-order valence-corrected chi connectivity index (χ4v) is 4.99. The molecule has 0 bridgehead atoms. The van der Waals surface area contributed by atoms with E-state index in [0.29, 0.717) is 41.2 Å². The predicted molar refractivity (Wildman–Crippen MR) is 162 cm³/mol. The third-order valence-corrected chi connectivity index (χ3v) is 7.13. The molecule has 0 aliphatic carbocycles. The van der Waals surface area contributed by atoms with Crippen LogP contribution in [-0.2, 0) is 33.8 Å². The van der Waals surface area contributed by atoms with Crippen LogP contribution in [0, 0.1) is 10.1 Å². The van der Waals surface area contributed by atoms with Crippen molar-refractivity contribution in [1.82, 2.24) is 10.2 Å². The lowest BCUT2D eigenvalue weighted by Gasteiger charge is -2.23. The first kappa shape index (κ1) is 31.5. The number of methoxy groups -OCH3 is 1. The van der Waals surface area contributed by atoms with Crippen molar-refractivity contribution < 1.29 is 34.3 Å². The molecule has 230 valence electrons. The molecular weight excluding hydrogens is 570 g/mol. The van der Waals surface area contributed by atoms with Gasteiger partial charge < -0.3 is 30.9 Å². The summed E-state index contributed by atoms with van der Waals surface area (Å²) >= 11 is 0. The predicted octanol–water partition coefficient (Wildman–Crippen LogP) is 3.61. The van der Waals surface area contributed by atoms with Gasteiger partial charge in [0.05, 0.1) is 12.0 Å². The molecule has 2 unspecified atom stereocenters. The first-order valence-corrected chi connectivity index (χ1v) is 13.7. The van der Waals surface area contributed by atoms with Crippen LogP contribution in [0.25, 0.3) is 0 Å². The van der Waals surface area contributed by atoms with Crippen molar-refractivity contribution in [3.63, 3.8) is 0 Å². The first-order chi connectivity index (χ1) is 21.0. The molecule has 0 radical (unpaired) electrons. The number of ether oxygens (including phenoxy) is 1. The van der Waals surface area contributed by atoms with Gasteiger partial charge in [-0.15, -0.1) is 0 Å². The van der Waals surface area contributed by atoms with Gasteiger partial charge in [-0.1, -0.05) is 30.3 Å². The molecule has 13 nitrogen and oxygen atoms in total. The average Bonchev–Trinajstić information content (AvgIpc) is 3.31. The van der Waals surface area contributed by atoms with Crippen molar-refractivity contribution in [3.8, 4) is 5.75 Å². The summed E-state index contributed by atoms with van der Waals surface area (Å²) in [7, 11) is 3.30. The van der Waals surface area contributed by atoms with Crippen LogP contribution >= 0.6 is 0 Å². The van der Waals surface area contributed by atoms with E-state index in [9.17, 15) is 29.6 Å². The number of nitrogens with zero attached hydrogens (tertiary/aromatic N) is 2. The number of rotatable bonds is 14. The number of hydrogen-bond donors (Lipinski definition) is 5. The number of amides is 1. The Hall–Kier alpha value is -5.43. The van der Waals surface area contributed by atoms with E-state index < -0.39 is 34.9 Å². The topological polar surface area (TPSA) is 183 Å². The van der Waals surface area contributed by atoms with E-state index in [1.165, 1.54) is 0 Å². The Labute approximate surface area is 253 Å². The number of aliphatic carboxylic acids is 2. The van der Waals surface area contributed by atoms with Gasteiger partial charge in [0.1, 0.15) is 17.8 Å². The van der Waals surface area contributed by atoms with Gasteiger partial charge in [0.25, 0.3) is 6.20 Å². The second kappa shape index (κ2) is 14.2. The maximum Gasteiger partial charge on any atom is 0.326 e. The van der Waals surface area contributed by atoms with Gasteiger partial charge in [0, 0.05) is 30.8 Å². The molecule has 0 fully saturated rings. The Bertz CT molecular complexity index is 1560. The molecule has 0 aromatic heterocycles. The van der Waals surface area contributed by atoms with Crippen molar-refractivity contribution in [2.75, 3.05) is 24.8 Å². The van der Waals surface area contributed by atoms with Crippen molar-refractivity contribution in [1.29, 1.82) is 0 Å². The van der Waals surface area contributed by atoms with Gasteiger partial charge in [-0.3, -0.25) is 24.6 Å². The maximum atomic E-state index is 13.4. The Kier molecular flexibility index (Phi) is 10.1. The third-order valence-electron chi connectivity index (χ3n) is 7.13. The monoisotopic (exact) mass is 603 g/mol. The van der Waals surface area contributed by atoms with Crippen molar-refractivity contribution in [2.45, 2.75) is 37.9 Å². The van der Waals surface area contributed by atoms with E-state index in [2.05, 4.69) is 16.0 Å². The number of hydrogen-bond acceptors (Lipinski definition) is 9. The highest BCUT2D eigenvalue weighted by Crippen LogP contribution is 2.34. The number of anilines is 2. The molecule has 13 heteroatoms. The van der Waals surface area contributed by atoms with E-state index >= 15 is 0 Å². The van der Waals surface area contributed by atoms with Crippen LogP contribution in [-0.4, -0.2) is 58.1 Å². The number of likely N-dealkylation sites (N-methyl/N-ethyl adjacent to an activating group) is 1. The summed E-state index contributed by atoms with van der Waals surface area (Å²) in [5, 5.41) is 38.6. The Morgan fingerprint density at radius 1 is 1.02 bits per heavy atom. The summed E-state index contributed by atoms with van der Waals surface area (Å²) in [6.45, 7) is 0.401. The molecule has 1 heterocycles. The first-order valence-electron chi connectivity index (χ1n) is 13.7. The smallest absolute Gasteiger partial charge is 0.326 e. The average molecular weight is 604 g/mol. The van der Waals surface area contributed by atoms with Gasteiger partial charge in [0.2, 0.25) is 5.91 Å². The van der Waals surface area contributed by atoms with Crippen LogP contribution in [0.2, 0.25) is 0 Å². The van der Waals surface area contributed by atoms with Crippen molar-refractivity contribution in [3.05, 3.63) is 111 Å². The standard InChI is InChI=1S/C31H33N5O8/c1-35-17-21-16-23(33-27(18-36(42)43)32-22-8-11-24(44-2)12-9-22)10-13-25(21)29(35)30(39)34-26(31(40)41)15-20-5-3-19(4-6-20)7-14-28(37)38/h3-6,8-13,16,18,26,29,32-33H,7,14-15,17H2,1-2H3,(H,34,39)(H,37,38)(H,40,41)/b27-18-. The minimum absolute atomic E-state index is 0.00156. The number of benzene rings is 3. The summed E-state index contributed by atoms with van der Waals surface area (Å²) in [4.78, 5) is 48.7. The molecule has 0 saturated heterocycles. The van der Waals surface area contributed by atoms with E-state index in [1.54, 1.807) is 85.8 Å². The molecule has 0 spiro atoms.